The number of fused-ring (bicyclic) bond motifs is 1. The molecule has 1 aromatic rings. The molecule has 0 amide bonds. The molecule has 0 aromatic heterocycles. The summed E-state index contributed by atoms with van der Waals surface area (Å²) in [5.74, 6) is 0. The Bertz CT molecular complexity index is 409. The van der Waals surface area contributed by atoms with Gasteiger partial charge in [0, 0.05) is 15.5 Å². The molecule has 0 unspecified atom stereocenters. The second kappa shape index (κ2) is 4.97. The summed E-state index contributed by atoms with van der Waals surface area (Å²) in [6, 6.07) is 1.85. The minimum atomic E-state index is -0.903. The van der Waals surface area contributed by atoms with Crippen LogP contribution in [-0.4, -0.2) is 12.1 Å². The van der Waals surface area contributed by atoms with Gasteiger partial charge in [-0.3, -0.25) is 0 Å². The van der Waals surface area contributed by atoms with E-state index in [1.54, 1.807) is 0 Å². The molecule has 0 saturated heterocycles. The molecule has 16 heavy (non-hydrogen) atoms. The van der Waals surface area contributed by atoms with Gasteiger partial charge in [0.15, 0.2) is 0 Å². The molecule has 0 aliphatic carbocycles. The Kier molecular flexibility index (Phi) is 3.80. The molecule has 1 aliphatic heterocycles. The van der Waals surface area contributed by atoms with E-state index in [0.29, 0.717) is 22.1 Å². The molecule has 5 heteroatoms. The molecule has 0 saturated carbocycles. The molecule has 2 nitrogen and oxygen atoms in total. The number of unbranched alkanes of at least 4 members (excludes halogenated alkanes) is 1. The zero-order valence-electron chi connectivity index (χ0n) is 9.09. The lowest BCUT2D eigenvalue weighted by molar-refractivity contribution is 0.275. The topological polar surface area (TPSA) is 29.5 Å². The van der Waals surface area contributed by atoms with Crippen LogP contribution in [-0.2, 0) is 17.7 Å². The van der Waals surface area contributed by atoms with Gasteiger partial charge >= 0.3 is 7.12 Å². The van der Waals surface area contributed by atoms with Crippen molar-refractivity contribution < 1.29 is 9.68 Å². The van der Waals surface area contributed by atoms with Gasteiger partial charge in [0.25, 0.3) is 0 Å². The highest BCUT2D eigenvalue weighted by molar-refractivity contribution is 6.65. The monoisotopic (exact) mass is 258 g/mol. The van der Waals surface area contributed by atoms with E-state index in [9.17, 15) is 5.02 Å². The molecule has 2 rings (SSSR count). The van der Waals surface area contributed by atoms with Gasteiger partial charge in [0.1, 0.15) is 0 Å². The fraction of sp³-hybridized carbons (Fsp3) is 0.455. The highest BCUT2D eigenvalue weighted by atomic mass is 35.5. The van der Waals surface area contributed by atoms with Crippen molar-refractivity contribution in [3.05, 3.63) is 27.2 Å². The van der Waals surface area contributed by atoms with Crippen LogP contribution >= 0.6 is 23.2 Å². The summed E-state index contributed by atoms with van der Waals surface area (Å²) >= 11 is 12.4. The first-order valence-corrected chi connectivity index (χ1v) is 6.20. The Morgan fingerprint density at radius 2 is 2.25 bits per heavy atom. The van der Waals surface area contributed by atoms with Gasteiger partial charge < -0.3 is 9.68 Å². The lowest BCUT2D eigenvalue weighted by Gasteiger charge is -2.11. The average Bonchev–Trinajstić information content (AvgIpc) is 2.60. The van der Waals surface area contributed by atoms with Crippen LogP contribution in [0.5, 0.6) is 0 Å². The quantitative estimate of drug-likeness (QED) is 0.845. The molecule has 86 valence electrons. The van der Waals surface area contributed by atoms with Crippen LogP contribution in [0.1, 0.15) is 30.9 Å². The summed E-state index contributed by atoms with van der Waals surface area (Å²) in [6.07, 6.45) is 2.96. The average molecular weight is 259 g/mol. The maximum absolute atomic E-state index is 9.65. The number of benzene rings is 1. The molecule has 0 bridgehead atoms. The molecular formula is C11H13BCl2O2. The lowest BCUT2D eigenvalue weighted by atomic mass is 9.78. The smallest absolute Gasteiger partial charge is 0.423 e. The van der Waals surface area contributed by atoms with E-state index in [-0.39, 0.29) is 0 Å². The van der Waals surface area contributed by atoms with Crippen LogP contribution in [0.3, 0.4) is 0 Å². The second-order valence-electron chi connectivity index (χ2n) is 3.99. The van der Waals surface area contributed by atoms with E-state index in [1.807, 2.05) is 6.07 Å². The third kappa shape index (κ3) is 2.10. The van der Waals surface area contributed by atoms with Crippen molar-refractivity contribution in [3.63, 3.8) is 0 Å². The van der Waals surface area contributed by atoms with E-state index in [4.69, 9.17) is 27.9 Å². The Balaban J connectivity index is 2.42. The Labute approximate surface area is 106 Å². The van der Waals surface area contributed by atoms with E-state index in [1.165, 1.54) is 0 Å². The predicted octanol–water partition coefficient (Wildman–Crippen LogP) is 2.55. The lowest BCUT2D eigenvalue weighted by Crippen LogP contribution is -2.30. The van der Waals surface area contributed by atoms with Crippen LogP contribution in [0.4, 0.5) is 0 Å². The van der Waals surface area contributed by atoms with Crippen LogP contribution < -0.4 is 5.46 Å². The first-order chi connectivity index (χ1) is 7.65. The predicted molar refractivity (Wildman–Crippen MR) is 67.5 cm³/mol. The van der Waals surface area contributed by atoms with Crippen molar-refractivity contribution in [1.82, 2.24) is 0 Å². The SMILES string of the molecule is CCCCc1c(Cl)cc2c(c1Cl)B(O)OC2. The van der Waals surface area contributed by atoms with E-state index in [2.05, 4.69) is 6.92 Å². The van der Waals surface area contributed by atoms with Gasteiger partial charge in [0.05, 0.1) is 6.61 Å². The number of hydrogen-bond acceptors (Lipinski definition) is 2. The molecular weight excluding hydrogens is 246 g/mol. The first kappa shape index (κ1) is 12.2. The summed E-state index contributed by atoms with van der Waals surface area (Å²) in [7, 11) is -0.903. The minimum absolute atomic E-state index is 0.379. The summed E-state index contributed by atoms with van der Waals surface area (Å²) in [5.41, 5.74) is 2.51. The standard InChI is InChI=1S/C11H13BCl2O2/c1-2-3-4-8-9(13)5-7-6-16-12(15)10(7)11(8)14/h5,15H,2-4,6H2,1H3. The van der Waals surface area contributed by atoms with Crippen molar-refractivity contribution in [2.24, 2.45) is 0 Å². The second-order valence-corrected chi connectivity index (χ2v) is 4.78. The zero-order chi connectivity index (χ0) is 11.7. The van der Waals surface area contributed by atoms with Gasteiger partial charge in [-0.1, -0.05) is 36.5 Å². The Hall–Kier alpha value is -0.215. The van der Waals surface area contributed by atoms with E-state index >= 15 is 0 Å². The highest BCUT2D eigenvalue weighted by Gasteiger charge is 2.32. The highest BCUT2D eigenvalue weighted by Crippen LogP contribution is 2.29. The summed E-state index contributed by atoms with van der Waals surface area (Å²) < 4.78 is 5.13. The Morgan fingerprint density at radius 1 is 1.50 bits per heavy atom. The Morgan fingerprint density at radius 3 is 2.94 bits per heavy atom. The largest absolute Gasteiger partial charge is 0.493 e. The summed E-state index contributed by atoms with van der Waals surface area (Å²) in [5, 5.41) is 10.9. The molecule has 1 aliphatic rings. The van der Waals surface area contributed by atoms with Crippen LogP contribution in [0.15, 0.2) is 6.07 Å². The maximum Gasteiger partial charge on any atom is 0.493 e. The number of hydrogen-bond donors (Lipinski definition) is 1. The third-order valence-electron chi connectivity index (χ3n) is 2.86. The zero-order valence-corrected chi connectivity index (χ0v) is 10.6. The molecule has 0 radical (unpaired) electrons. The van der Waals surface area contributed by atoms with Crippen LogP contribution in [0.25, 0.3) is 0 Å². The van der Waals surface area contributed by atoms with Crippen LogP contribution in [0, 0.1) is 0 Å². The molecule has 1 aromatic carbocycles. The fourth-order valence-electron chi connectivity index (χ4n) is 1.95. The normalized spacial score (nSPS) is 14.4. The van der Waals surface area contributed by atoms with Gasteiger partial charge in [-0.2, -0.15) is 0 Å². The summed E-state index contributed by atoms with van der Waals surface area (Å²) in [6.45, 7) is 2.50. The first-order valence-electron chi connectivity index (χ1n) is 5.44. The molecule has 0 fully saturated rings. The van der Waals surface area contributed by atoms with E-state index < -0.39 is 7.12 Å². The van der Waals surface area contributed by atoms with Crippen molar-refractivity contribution >= 4 is 35.8 Å². The van der Waals surface area contributed by atoms with Gasteiger partial charge in [-0.15, -0.1) is 0 Å². The third-order valence-corrected chi connectivity index (χ3v) is 3.63. The summed E-state index contributed by atoms with van der Waals surface area (Å²) in [4.78, 5) is 0. The van der Waals surface area contributed by atoms with Crippen LogP contribution in [0.2, 0.25) is 10.0 Å². The molecule has 1 N–H and O–H groups in total. The van der Waals surface area contributed by atoms with E-state index in [0.717, 1.165) is 30.4 Å². The maximum atomic E-state index is 9.65. The van der Waals surface area contributed by atoms with Crippen molar-refractivity contribution in [2.45, 2.75) is 32.8 Å². The van der Waals surface area contributed by atoms with Crippen molar-refractivity contribution in [3.8, 4) is 0 Å². The molecule has 1 heterocycles. The van der Waals surface area contributed by atoms with Crippen molar-refractivity contribution in [1.29, 1.82) is 0 Å². The van der Waals surface area contributed by atoms with Gasteiger partial charge in [0.2, 0.25) is 0 Å². The van der Waals surface area contributed by atoms with Gasteiger partial charge in [-0.25, -0.2) is 0 Å². The molecule has 0 atom stereocenters. The minimum Gasteiger partial charge on any atom is -0.423 e. The van der Waals surface area contributed by atoms with Gasteiger partial charge in [-0.05, 0) is 30.0 Å². The van der Waals surface area contributed by atoms with Crippen molar-refractivity contribution in [2.75, 3.05) is 0 Å². The number of halogens is 2. The number of rotatable bonds is 3. The molecule has 0 spiro atoms. The fourth-order valence-corrected chi connectivity index (χ4v) is 2.73.